The molecule has 3 rings (SSSR count). The van der Waals surface area contributed by atoms with Gasteiger partial charge in [-0.1, -0.05) is 57.2 Å². The van der Waals surface area contributed by atoms with Gasteiger partial charge in [-0.15, -0.1) is 0 Å². The fourth-order valence-corrected chi connectivity index (χ4v) is 5.18. The first-order valence-corrected chi connectivity index (χ1v) is 9.21. The van der Waals surface area contributed by atoms with E-state index in [0.29, 0.717) is 5.54 Å². The monoisotopic (exact) mass is 280 g/mol. The van der Waals surface area contributed by atoms with E-state index in [1.807, 2.05) is 11.8 Å². The molecule has 0 bridgehead atoms. The zero-order valence-electron chi connectivity index (χ0n) is 12.3. The number of thioether (sulfide) groups is 1. The highest BCUT2D eigenvalue weighted by atomic mass is 32.2. The van der Waals surface area contributed by atoms with Crippen molar-refractivity contribution in [1.29, 1.82) is 0 Å². The predicted molar refractivity (Wildman–Crippen MR) is 84.8 cm³/mol. The van der Waals surface area contributed by atoms with Crippen molar-refractivity contribution in [3.05, 3.63) is 0 Å². The van der Waals surface area contributed by atoms with Crippen molar-refractivity contribution < 1.29 is 0 Å². The third kappa shape index (κ3) is 3.29. The van der Waals surface area contributed by atoms with Crippen molar-refractivity contribution in [3.8, 4) is 0 Å². The maximum absolute atomic E-state index is 4.92. The van der Waals surface area contributed by atoms with Crippen molar-refractivity contribution in [1.82, 2.24) is 5.32 Å². The first-order chi connectivity index (χ1) is 9.27. The van der Waals surface area contributed by atoms with Crippen molar-refractivity contribution in [2.75, 3.05) is 12.3 Å². The minimum Gasteiger partial charge on any atom is -0.359 e. The summed E-state index contributed by atoms with van der Waals surface area (Å²) < 4.78 is 0. The lowest BCUT2D eigenvalue weighted by atomic mass is 9.80. The number of amidine groups is 1. The molecule has 19 heavy (non-hydrogen) atoms. The van der Waals surface area contributed by atoms with Gasteiger partial charge in [-0.25, -0.2) is 0 Å². The Morgan fingerprint density at radius 1 is 1.16 bits per heavy atom. The molecule has 0 aromatic rings. The molecule has 2 saturated carbocycles. The number of hydrogen-bond acceptors (Lipinski definition) is 2. The van der Waals surface area contributed by atoms with Gasteiger partial charge in [-0.05, 0) is 31.1 Å². The normalized spacial score (nSPS) is 36.6. The van der Waals surface area contributed by atoms with Gasteiger partial charge in [0.05, 0.1) is 0 Å². The predicted octanol–water partition coefficient (Wildman–Crippen LogP) is 4.21. The van der Waals surface area contributed by atoms with Crippen LogP contribution in [0, 0.1) is 11.8 Å². The molecule has 0 amide bonds. The van der Waals surface area contributed by atoms with Crippen LogP contribution in [0.25, 0.3) is 0 Å². The second kappa shape index (κ2) is 6.07. The summed E-state index contributed by atoms with van der Waals surface area (Å²) in [6.07, 6.45) is 12.6. The maximum atomic E-state index is 4.92. The average Bonchev–Trinajstić information content (AvgIpc) is 2.82. The lowest BCUT2D eigenvalue weighted by Gasteiger charge is -2.32. The van der Waals surface area contributed by atoms with E-state index in [9.17, 15) is 0 Å². The van der Waals surface area contributed by atoms with E-state index >= 15 is 0 Å². The molecule has 0 radical (unpaired) electrons. The van der Waals surface area contributed by atoms with E-state index < -0.39 is 0 Å². The molecule has 1 N–H and O–H groups in total. The zero-order chi connectivity index (χ0) is 13.1. The van der Waals surface area contributed by atoms with Crippen molar-refractivity contribution in [2.45, 2.75) is 70.3 Å². The number of rotatable bonds is 2. The Morgan fingerprint density at radius 3 is 2.74 bits per heavy atom. The second-order valence-electron chi connectivity index (χ2n) is 6.92. The van der Waals surface area contributed by atoms with Gasteiger partial charge in [-0.2, -0.15) is 0 Å². The van der Waals surface area contributed by atoms with Crippen LogP contribution in [-0.2, 0) is 0 Å². The Labute approximate surface area is 122 Å². The number of hydrogen-bond donors (Lipinski definition) is 1. The highest BCUT2D eigenvalue weighted by molar-refractivity contribution is 8.14. The molecule has 2 nitrogen and oxygen atoms in total. The summed E-state index contributed by atoms with van der Waals surface area (Å²) in [4.78, 5) is 4.92. The van der Waals surface area contributed by atoms with Gasteiger partial charge in [0.15, 0.2) is 5.17 Å². The molecular weight excluding hydrogens is 252 g/mol. The van der Waals surface area contributed by atoms with Gasteiger partial charge < -0.3 is 5.32 Å². The largest absolute Gasteiger partial charge is 0.359 e. The lowest BCUT2D eigenvalue weighted by Crippen LogP contribution is -2.45. The number of aliphatic imine (C=N–C) groups is 1. The summed E-state index contributed by atoms with van der Waals surface area (Å²) >= 11 is 1.98. The smallest absolute Gasteiger partial charge is 0.157 e. The Bertz CT molecular complexity index is 334. The molecule has 1 aliphatic heterocycles. The van der Waals surface area contributed by atoms with Gasteiger partial charge in [0.25, 0.3) is 0 Å². The fourth-order valence-electron chi connectivity index (χ4n) is 3.95. The van der Waals surface area contributed by atoms with Crippen LogP contribution < -0.4 is 5.32 Å². The summed E-state index contributed by atoms with van der Waals surface area (Å²) in [6, 6.07) is 0. The lowest BCUT2D eigenvalue weighted by molar-refractivity contribution is 0.263. The molecule has 3 heteroatoms. The van der Waals surface area contributed by atoms with Crippen LogP contribution in [-0.4, -0.2) is 23.0 Å². The van der Waals surface area contributed by atoms with Gasteiger partial charge >= 0.3 is 0 Å². The highest BCUT2D eigenvalue weighted by Gasteiger charge is 2.38. The molecule has 1 saturated heterocycles. The summed E-state index contributed by atoms with van der Waals surface area (Å²) in [5, 5.41) is 5.02. The highest BCUT2D eigenvalue weighted by Crippen LogP contribution is 2.36. The molecule has 108 valence electrons. The van der Waals surface area contributed by atoms with Crippen molar-refractivity contribution >= 4 is 16.9 Å². The van der Waals surface area contributed by atoms with Crippen LogP contribution in [0.1, 0.15) is 64.7 Å². The van der Waals surface area contributed by atoms with Gasteiger partial charge in [0, 0.05) is 17.8 Å². The average molecular weight is 280 g/mol. The van der Waals surface area contributed by atoms with E-state index in [4.69, 9.17) is 4.99 Å². The Kier molecular flexibility index (Phi) is 4.40. The topological polar surface area (TPSA) is 24.4 Å². The van der Waals surface area contributed by atoms with E-state index in [-0.39, 0.29) is 0 Å². The molecule has 3 fully saturated rings. The molecular formula is C16H28N2S. The SMILES string of the molecule is CC1CCCCC1CN=C1NC2(CCCCC2)CS1. The molecule has 1 spiro atoms. The number of nitrogens with zero attached hydrogens (tertiary/aromatic N) is 1. The van der Waals surface area contributed by atoms with Crippen LogP contribution in [0.15, 0.2) is 4.99 Å². The maximum Gasteiger partial charge on any atom is 0.157 e. The summed E-state index contributed by atoms with van der Waals surface area (Å²) in [6.45, 7) is 3.48. The van der Waals surface area contributed by atoms with Crippen LogP contribution >= 0.6 is 11.8 Å². The van der Waals surface area contributed by atoms with Crippen LogP contribution in [0.4, 0.5) is 0 Å². The minimum absolute atomic E-state index is 0.417. The third-order valence-electron chi connectivity index (χ3n) is 5.43. The second-order valence-corrected chi connectivity index (χ2v) is 7.89. The van der Waals surface area contributed by atoms with E-state index in [1.165, 1.54) is 68.7 Å². The zero-order valence-corrected chi connectivity index (χ0v) is 13.1. The van der Waals surface area contributed by atoms with E-state index in [1.54, 1.807) is 0 Å². The van der Waals surface area contributed by atoms with Crippen molar-refractivity contribution in [2.24, 2.45) is 16.8 Å². The van der Waals surface area contributed by atoms with Crippen LogP contribution in [0.5, 0.6) is 0 Å². The minimum atomic E-state index is 0.417. The Balaban J connectivity index is 1.53. The third-order valence-corrected chi connectivity index (χ3v) is 6.63. The molecule has 1 heterocycles. The summed E-state index contributed by atoms with van der Waals surface area (Å²) in [5.41, 5.74) is 0.417. The van der Waals surface area contributed by atoms with Gasteiger partial charge in [-0.3, -0.25) is 4.99 Å². The first-order valence-electron chi connectivity index (χ1n) is 8.23. The van der Waals surface area contributed by atoms with E-state index in [2.05, 4.69) is 12.2 Å². The molecule has 0 aromatic carbocycles. The molecule has 3 aliphatic rings. The molecule has 2 aliphatic carbocycles. The molecule has 2 atom stereocenters. The van der Waals surface area contributed by atoms with Gasteiger partial charge in [0.1, 0.15) is 0 Å². The summed E-state index contributed by atoms with van der Waals surface area (Å²) in [5.74, 6) is 2.98. The number of nitrogens with one attached hydrogen (secondary N) is 1. The van der Waals surface area contributed by atoms with Crippen LogP contribution in [0.3, 0.4) is 0 Å². The Morgan fingerprint density at radius 2 is 1.95 bits per heavy atom. The standard InChI is InChI=1S/C16H28N2S/c1-13-7-3-4-8-14(13)11-17-15-18-16(12-19-15)9-5-2-6-10-16/h13-14H,2-12H2,1H3,(H,17,18). The van der Waals surface area contributed by atoms with Crippen molar-refractivity contribution in [3.63, 3.8) is 0 Å². The molecule has 0 aromatic heterocycles. The fraction of sp³-hybridized carbons (Fsp3) is 0.938. The van der Waals surface area contributed by atoms with Gasteiger partial charge in [0.2, 0.25) is 0 Å². The molecule has 2 unspecified atom stereocenters. The van der Waals surface area contributed by atoms with E-state index in [0.717, 1.165) is 18.4 Å². The first kappa shape index (κ1) is 13.8. The summed E-state index contributed by atoms with van der Waals surface area (Å²) in [7, 11) is 0. The van der Waals surface area contributed by atoms with Crippen LogP contribution in [0.2, 0.25) is 0 Å². The Hall–Kier alpha value is -0.180. The quantitative estimate of drug-likeness (QED) is 0.819.